The van der Waals surface area contributed by atoms with E-state index in [1.807, 2.05) is 20.8 Å². The van der Waals surface area contributed by atoms with Gasteiger partial charge in [0.15, 0.2) is 0 Å². The topological polar surface area (TPSA) is 66.1 Å². The third kappa shape index (κ3) is 7.61. The molecule has 0 aliphatic rings. The second kappa shape index (κ2) is 10.9. The summed E-state index contributed by atoms with van der Waals surface area (Å²) in [5.41, 5.74) is 5.32. The summed E-state index contributed by atoms with van der Waals surface area (Å²) in [6.45, 7) is 9.00. The Labute approximate surface area is 106 Å². The normalized spacial score (nSPS) is 12.5. The first kappa shape index (κ1) is 16.7. The first-order valence-electron chi connectivity index (χ1n) is 6.34. The Morgan fingerprint density at radius 2 is 1.59 bits per heavy atom. The maximum absolute atomic E-state index is 5.73. The van der Waals surface area contributed by atoms with E-state index in [9.17, 15) is 0 Å². The van der Waals surface area contributed by atoms with E-state index in [-0.39, 0.29) is 0 Å². The third-order valence-electron chi connectivity index (χ3n) is 2.10. The molecule has 0 heterocycles. The molecule has 0 aromatic rings. The highest BCUT2D eigenvalue weighted by Gasteiger charge is 2.39. The Bertz CT molecular complexity index is 186. The van der Waals surface area contributed by atoms with Crippen molar-refractivity contribution >= 4 is 15.0 Å². The molecule has 6 heteroatoms. The van der Waals surface area contributed by atoms with Crippen LogP contribution in [0.3, 0.4) is 0 Å². The van der Waals surface area contributed by atoms with Gasteiger partial charge in [0.1, 0.15) is 0 Å². The van der Waals surface area contributed by atoms with Gasteiger partial charge in [-0.3, -0.25) is 4.99 Å². The predicted molar refractivity (Wildman–Crippen MR) is 72.5 cm³/mol. The van der Waals surface area contributed by atoms with Gasteiger partial charge in [-0.15, -0.1) is 0 Å². The van der Waals surface area contributed by atoms with Crippen LogP contribution in [0.4, 0.5) is 0 Å². The lowest BCUT2D eigenvalue weighted by molar-refractivity contribution is 0.0710. The zero-order chi connectivity index (χ0) is 13.0. The van der Waals surface area contributed by atoms with E-state index in [0.717, 1.165) is 19.0 Å². The maximum atomic E-state index is 5.73. The second-order valence-corrected chi connectivity index (χ2v) is 6.14. The van der Waals surface area contributed by atoms with E-state index < -0.39 is 8.80 Å². The van der Waals surface area contributed by atoms with Crippen molar-refractivity contribution in [1.29, 1.82) is 0 Å². The summed E-state index contributed by atoms with van der Waals surface area (Å²) in [6, 6.07) is 0.810. The lowest BCUT2D eigenvalue weighted by atomic mass is 10.5. The molecule has 0 radical (unpaired) electrons. The minimum atomic E-state index is -2.46. The summed E-state index contributed by atoms with van der Waals surface area (Å²) in [7, 11) is -2.46. The number of nitrogens with two attached hydrogens (primary N) is 1. The lowest BCUT2D eigenvalue weighted by Gasteiger charge is -2.28. The van der Waals surface area contributed by atoms with E-state index in [0.29, 0.717) is 26.4 Å². The van der Waals surface area contributed by atoms with Crippen LogP contribution in [0.1, 0.15) is 27.2 Å². The molecular weight excluding hydrogens is 236 g/mol. The molecule has 0 atom stereocenters. The Balaban J connectivity index is 4.18. The van der Waals surface area contributed by atoms with Gasteiger partial charge in [0, 0.05) is 45.2 Å². The molecule has 0 rings (SSSR count). The molecule has 0 unspecified atom stereocenters. The molecule has 0 saturated carbocycles. The molecular formula is C11H26N2O3Si. The standard InChI is InChI=1S/C11H26N2O3Si/c1-4-14-17(15-5-2,16-6-3)11-7-9-13-10-8-12/h10H,4-9,11-12H2,1-3H3. The monoisotopic (exact) mass is 262 g/mol. The highest BCUT2D eigenvalue weighted by molar-refractivity contribution is 6.60. The van der Waals surface area contributed by atoms with Crippen molar-refractivity contribution in [1.82, 2.24) is 0 Å². The summed E-state index contributed by atoms with van der Waals surface area (Å²) in [5.74, 6) is 0. The molecule has 0 aromatic heterocycles. The van der Waals surface area contributed by atoms with Crippen molar-refractivity contribution < 1.29 is 13.3 Å². The minimum absolute atomic E-state index is 0.491. The van der Waals surface area contributed by atoms with Crippen LogP contribution < -0.4 is 5.73 Å². The minimum Gasteiger partial charge on any atom is -0.374 e. The van der Waals surface area contributed by atoms with E-state index in [2.05, 4.69) is 4.99 Å². The van der Waals surface area contributed by atoms with Crippen LogP contribution in [0.2, 0.25) is 6.04 Å². The summed E-state index contributed by atoms with van der Waals surface area (Å²) in [4.78, 5) is 4.18. The van der Waals surface area contributed by atoms with Gasteiger partial charge in [0.2, 0.25) is 0 Å². The number of rotatable bonds is 11. The molecule has 0 bridgehead atoms. The smallest absolute Gasteiger partial charge is 0.374 e. The fourth-order valence-corrected chi connectivity index (χ4v) is 4.15. The van der Waals surface area contributed by atoms with Crippen LogP contribution in [0.25, 0.3) is 0 Å². The van der Waals surface area contributed by atoms with Crippen LogP contribution in [-0.2, 0) is 13.3 Å². The van der Waals surface area contributed by atoms with Crippen LogP contribution in [0.5, 0.6) is 0 Å². The van der Waals surface area contributed by atoms with Gasteiger partial charge in [-0.1, -0.05) is 0 Å². The summed E-state index contributed by atoms with van der Waals surface area (Å²) in [6.07, 6.45) is 2.63. The molecule has 0 spiro atoms. The van der Waals surface area contributed by atoms with E-state index in [1.54, 1.807) is 6.21 Å². The lowest BCUT2D eigenvalue weighted by Crippen LogP contribution is -2.46. The van der Waals surface area contributed by atoms with E-state index >= 15 is 0 Å². The number of aliphatic imine (C=N–C) groups is 1. The average Bonchev–Trinajstić information content (AvgIpc) is 2.30. The van der Waals surface area contributed by atoms with Gasteiger partial charge in [-0.2, -0.15) is 0 Å². The van der Waals surface area contributed by atoms with Crippen LogP contribution >= 0.6 is 0 Å². The number of hydrogen-bond donors (Lipinski definition) is 1. The molecule has 0 aliphatic carbocycles. The maximum Gasteiger partial charge on any atom is 0.500 e. The number of hydrogen-bond acceptors (Lipinski definition) is 5. The second-order valence-electron chi connectivity index (χ2n) is 3.41. The summed E-state index contributed by atoms with van der Waals surface area (Å²) in [5, 5.41) is 0. The van der Waals surface area contributed by atoms with Crippen molar-refractivity contribution in [3.05, 3.63) is 0 Å². The van der Waals surface area contributed by atoms with Crippen molar-refractivity contribution in [3.8, 4) is 0 Å². The van der Waals surface area contributed by atoms with Gasteiger partial charge in [-0.05, 0) is 27.2 Å². The highest BCUT2D eigenvalue weighted by atomic mass is 28.4. The molecule has 5 nitrogen and oxygen atoms in total. The Kier molecular flexibility index (Phi) is 10.7. The molecule has 0 fully saturated rings. The molecule has 0 aliphatic heterocycles. The van der Waals surface area contributed by atoms with Crippen LogP contribution in [-0.4, -0.2) is 47.9 Å². The van der Waals surface area contributed by atoms with Gasteiger partial charge in [0.25, 0.3) is 0 Å². The third-order valence-corrected chi connectivity index (χ3v) is 5.25. The van der Waals surface area contributed by atoms with Gasteiger partial charge < -0.3 is 19.0 Å². The highest BCUT2D eigenvalue weighted by Crippen LogP contribution is 2.18. The predicted octanol–water partition coefficient (Wildman–Crippen LogP) is 1.45. The first-order chi connectivity index (χ1) is 8.24. The fraction of sp³-hybridized carbons (Fsp3) is 0.909. The van der Waals surface area contributed by atoms with Crippen molar-refractivity contribution in [2.45, 2.75) is 33.2 Å². The number of nitrogens with zero attached hydrogens (tertiary/aromatic N) is 1. The van der Waals surface area contributed by atoms with Crippen molar-refractivity contribution in [2.24, 2.45) is 10.7 Å². The molecule has 0 amide bonds. The van der Waals surface area contributed by atoms with Gasteiger partial charge in [-0.25, -0.2) is 0 Å². The Hall–Kier alpha value is -0.273. The van der Waals surface area contributed by atoms with E-state index in [1.165, 1.54) is 0 Å². The molecule has 2 N–H and O–H groups in total. The fourth-order valence-electron chi connectivity index (χ4n) is 1.55. The Morgan fingerprint density at radius 3 is 2.00 bits per heavy atom. The molecule has 0 saturated heterocycles. The molecule has 17 heavy (non-hydrogen) atoms. The summed E-state index contributed by atoms with van der Waals surface area (Å²) < 4.78 is 17.2. The summed E-state index contributed by atoms with van der Waals surface area (Å²) >= 11 is 0. The van der Waals surface area contributed by atoms with Crippen molar-refractivity contribution in [2.75, 3.05) is 32.9 Å². The average molecular weight is 262 g/mol. The quantitative estimate of drug-likeness (QED) is 0.348. The zero-order valence-electron chi connectivity index (χ0n) is 11.3. The zero-order valence-corrected chi connectivity index (χ0v) is 12.3. The van der Waals surface area contributed by atoms with Gasteiger partial charge in [0.05, 0.1) is 0 Å². The Morgan fingerprint density at radius 1 is 1.06 bits per heavy atom. The molecule has 102 valence electrons. The van der Waals surface area contributed by atoms with Gasteiger partial charge >= 0.3 is 8.80 Å². The largest absolute Gasteiger partial charge is 0.500 e. The SMILES string of the molecule is CCO[Si](CCCN=CCN)(OCC)OCC. The van der Waals surface area contributed by atoms with Crippen molar-refractivity contribution in [3.63, 3.8) is 0 Å². The first-order valence-corrected chi connectivity index (χ1v) is 8.28. The van der Waals surface area contributed by atoms with E-state index in [4.69, 9.17) is 19.0 Å². The van der Waals surface area contributed by atoms with Crippen LogP contribution in [0, 0.1) is 0 Å². The molecule has 0 aromatic carbocycles. The van der Waals surface area contributed by atoms with Crippen LogP contribution in [0.15, 0.2) is 4.99 Å².